The van der Waals surface area contributed by atoms with Crippen LogP contribution in [0.4, 0.5) is 0 Å². The third-order valence-electron chi connectivity index (χ3n) is 3.32. The van der Waals surface area contributed by atoms with Gasteiger partial charge in [-0.25, -0.2) is 0 Å². The molecule has 2 rings (SSSR count). The molecule has 0 aliphatic carbocycles. The molecular formula is C12H16N2O2. The zero-order valence-corrected chi connectivity index (χ0v) is 9.36. The second kappa shape index (κ2) is 4.22. The van der Waals surface area contributed by atoms with Gasteiger partial charge in [-0.3, -0.25) is 9.78 Å². The lowest BCUT2D eigenvalue weighted by atomic mass is 9.81. The van der Waals surface area contributed by atoms with Crippen LogP contribution in [0.15, 0.2) is 18.3 Å². The second-order valence-corrected chi connectivity index (χ2v) is 4.46. The van der Waals surface area contributed by atoms with Gasteiger partial charge in [0.25, 0.3) is 0 Å². The zero-order valence-electron chi connectivity index (χ0n) is 9.36. The highest BCUT2D eigenvalue weighted by Gasteiger charge is 2.41. The molecule has 1 fully saturated rings. The van der Waals surface area contributed by atoms with Crippen molar-refractivity contribution < 1.29 is 9.90 Å². The van der Waals surface area contributed by atoms with E-state index in [1.165, 1.54) is 0 Å². The van der Waals surface area contributed by atoms with Gasteiger partial charge in [-0.05, 0) is 31.5 Å². The van der Waals surface area contributed by atoms with Crippen molar-refractivity contribution in [2.75, 3.05) is 13.1 Å². The van der Waals surface area contributed by atoms with Crippen molar-refractivity contribution in [1.29, 1.82) is 0 Å². The lowest BCUT2D eigenvalue weighted by molar-refractivity contribution is -0.147. The first-order valence-electron chi connectivity index (χ1n) is 5.49. The van der Waals surface area contributed by atoms with Crippen molar-refractivity contribution >= 4 is 5.97 Å². The predicted octanol–water partition coefficient (Wildman–Crippen LogP) is 0.997. The Morgan fingerprint density at radius 2 is 2.50 bits per heavy atom. The fourth-order valence-electron chi connectivity index (χ4n) is 2.18. The summed E-state index contributed by atoms with van der Waals surface area (Å²) in [7, 11) is 0. The van der Waals surface area contributed by atoms with Crippen LogP contribution in [0.5, 0.6) is 0 Å². The molecule has 1 atom stereocenters. The number of carbonyl (C=O) groups is 1. The van der Waals surface area contributed by atoms with Crippen LogP contribution in [0.2, 0.25) is 0 Å². The van der Waals surface area contributed by atoms with Crippen LogP contribution < -0.4 is 5.32 Å². The maximum Gasteiger partial charge on any atom is 0.311 e. The van der Waals surface area contributed by atoms with E-state index in [1.54, 1.807) is 6.20 Å². The van der Waals surface area contributed by atoms with E-state index in [1.807, 2.05) is 19.1 Å². The fraction of sp³-hybridized carbons (Fsp3) is 0.500. The Morgan fingerprint density at radius 1 is 1.69 bits per heavy atom. The van der Waals surface area contributed by atoms with Crippen LogP contribution in [0, 0.1) is 12.3 Å². The zero-order chi connectivity index (χ0) is 11.6. The number of rotatable bonds is 3. The Balaban J connectivity index is 2.25. The van der Waals surface area contributed by atoms with Crippen molar-refractivity contribution in [3.63, 3.8) is 0 Å². The molecule has 1 saturated heterocycles. The Labute approximate surface area is 94.7 Å². The summed E-state index contributed by atoms with van der Waals surface area (Å²) in [6.07, 6.45) is 2.92. The minimum Gasteiger partial charge on any atom is -0.481 e. The summed E-state index contributed by atoms with van der Waals surface area (Å²) in [5.41, 5.74) is 1.29. The number of aliphatic carboxylic acids is 1. The average Bonchev–Trinajstić information content (AvgIpc) is 2.71. The first-order chi connectivity index (χ1) is 7.64. The van der Waals surface area contributed by atoms with Gasteiger partial charge in [0, 0.05) is 24.9 Å². The molecule has 0 radical (unpaired) electrons. The summed E-state index contributed by atoms with van der Waals surface area (Å²) in [5, 5.41) is 12.5. The number of nitrogens with zero attached hydrogens (tertiary/aromatic N) is 1. The van der Waals surface area contributed by atoms with Crippen LogP contribution in [0.25, 0.3) is 0 Å². The van der Waals surface area contributed by atoms with E-state index in [2.05, 4.69) is 10.3 Å². The first-order valence-corrected chi connectivity index (χ1v) is 5.49. The largest absolute Gasteiger partial charge is 0.481 e. The monoisotopic (exact) mass is 220 g/mol. The second-order valence-electron chi connectivity index (χ2n) is 4.46. The number of hydrogen-bond donors (Lipinski definition) is 2. The Morgan fingerprint density at radius 3 is 3.06 bits per heavy atom. The van der Waals surface area contributed by atoms with E-state index < -0.39 is 11.4 Å². The molecular weight excluding hydrogens is 204 g/mol. The highest BCUT2D eigenvalue weighted by molar-refractivity contribution is 5.76. The third kappa shape index (κ3) is 1.93. The maximum atomic E-state index is 11.4. The molecule has 1 aromatic rings. The Kier molecular flexibility index (Phi) is 2.92. The SMILES string of the molecule is Cc1cccnc1CC1(C(=O)O)CCNC1. The summed E-state index contributed by atoms with van der Waals surface area (Å²) in [6, 6.07) is 3.85. The van der Waals surface area contributed by atoms with Gasteiger partial charge in [0.05, 0.1) is 5.41 Å². The lowest BCUT2D eigenvalue weighted by Crippen LogP contribution is -2.36. The van der Waals surface area contributed by atoms with Crippen molar-refractivity contribution in [2.24, 2.45) is 5.41 Å². The van der Waals surface area contributed by atoms with E-state index >= 15 is 0 Å². The van der Waals surface area contributed by atoms with E-state index in [-0.39, 0.29) is 0 Å². The Bertz CT molecular complexity index is 398. The molecule has 0 bridgehead atoms. The molecule has 0 spiro atoms. The summed E-state index contributed by atoms with van der Waals surface area (Å²) < 4.78 is 0. The topological polar surface area (TPSA) is 62.2 Å². The van der Waals surface area contributed by atoms with Crippen LogP contribution in [-0.2, 0) is 11.2 Å². The Hall–Kier alpha value is -1.42. The van der Waals surface area contributed by atoms with E-state index in [0.29, 0.717) is 19.4 Å². The van der Waals surface area contributed by atoms with E-state index in [0.717, 1.165) is 17.8 Å². The molecule has 0 amide bonds. The number of carboxylic acid groups (broad SMARTS) is 1. The third-order valence-corrected chi connectivity index (χ3v) is 3.32. The van der Waals surface area contributed by atoms with Crippen LogP contribution >= 0.6 is 0 Å². The highest BCUT2D eigenvalue weighted by Crippen LogP contribution is 2.30. The molecule has 86 valence electrons. The minimum atomic E-state index is -0.720. The van der Waals surface area contributed by atoms with Crippen molar-refractivity contribution in [3.05, 3.63) is 29.6 Å². The molecule has 4 nitrogen and oxygen atoms in total. The maximum absolute atomic E-state index is 11.4. The minimum absolute atomic E-state index is 0.516. The normalized spacial score (nSPS) is 24.6. The summed E-state index contributed by atoms with van der Waals surface area (Å²) in [5.74, 6) is -0.720. The molecule has 1 unspecified atom stereocenters. The molecule has 1 aromatic heterocycles. The van der Waals surface area contributed by atoms with Crippen molar-refractivity contribution in [2.45, 2.75) is 19.8 Å². The van der Waals surface area contributed by atoms with Crippen molar-refractivity contribution in [3.8, 4) is 0 Å². The molecule has 2 heterocycles. The molecule has 16 heavy (non-hydrogen) atoms. The summed E-state index contributed by atoms with van der Waals surface area (Å²) in [4.78, 5) is 15.6. The van der Waals surface area contributed by atoms with Gasteiger partial charge in [0.15, 0.2) is 0 Å². The van der Waals surface area contributed by atoms with E-state index in [4.69, 9.17) is 0 Å². The molecule has 4 heteroatoms. The fourth-order valence-corrected chi connectivity index (χ4v) is 2.18. The van der Waals surface area contributed by atoms with Crippen molar-refractivity contribution in [1.82, 2.24) is 10.3 Å². The predicted molar refractivity (Wildman–Crippen MR) is 60.2 cm³/mol. The van der Waals surface area contributed by atoms with Gasteiger partial charge in [0.1, 0.15) is 0 Å². The molecule has 1 aliphatic heterocycles. The van der Waals surface area contributed by atoms with Gasteiger partial charge in [-0.15, -0.1) is 0 Å². The number of aromatic nitrogens is 1. The molecule has 0 aromatic carbocycles. The molecule has 2 N–H and O–H groups in total. The van der Waals surface area contributed by atoms with Gasteiger partial charge >= 0.3 is 5.97 Å². The smallest absolute Gasteiger partial charge is 0.311 e. The highest BCUT2D eigenvalue weighted by atomic mass is 16.4. The quantitative estimate of drug-likeness (QED) is 0.797. The number of aryl methyl sites for hydroxylation is 1. The van der Waals surface area contributed by atoms with Crippen LogP contribution in [-0.4, -0.2) is 29.1 Å². The number of hydrogen-bond acceptors (Lipinski definition) is 3. The molecule has 0 saturated carbocycles. The van der Waals surface area contributed by atoms with Gasteiger partial charge in [0.2, 0.25) is 0 Å². The van der Waals surface area contributed by atoms with E-state index in [9.17, 15) is 9.90 Å². The lowest BCUT2D eigenvalue weighted by Gasteiger charge is -2.23. The first kappa shape index (κ1) is 11.1. The average molecular weight is 220 g/mol. The summed E-state index contributed by atoms with van der Waals surface area (Å²) >= 11 is 0. The van der Waals surface area contributed by atoms with Crippen LogP contribution in [0.1, 0.15) is 17.7 Å². The number of carboxylic acids is 1. The van der Waals surface area contributed by atoms with Gasteiger partial charge < -0.3 is 10.4 Å². The number of pyridine rings is 1. The van der Waals surface area contributed by atoms with Crippen LogP contribution in [0.3, 0.4) is 0 Å². The standard InChI is InChI=1S/C12H16N2O2/c1-9-3-2-5-14-10(9)7-12(11(15)16)4-6-13-8-12/h2-3,5,13H,4,6-8H2,1H3,(H,15,16). The van der Waals surface area contributed by atoms with Gasteiger partial charge in [-0.2, -0.15) is 0 Å². The van der Waals surface area contributed by atoms with Gasteiger partial charge in [-0.1, -0.05) is 6.07 Å². The number of nitrogens with one attached hydrogen (secondary N) is 1. The molecule has 1 aliphatic rings. The summed E-state index contributed by atoms with van der Waals surface area (Å²) in [6.45, 7) is 3.29.